The Morgan fingerprint density at radius 2 is 2.00 bits per heavy atom. The van der Waals surface area contributed by atoms with E-state index in [2.05, 4.69) is 19.9 Å². The molecule has 1 atom stereocenters. The Balaban J connectivity index is 1.91. The minimum atomic E-state index is -2.43. The van der Waals surface area contributed by atoms with Gasteiger partial charge < -0.3 is 9.47 Å². The van der Waals surface area contributed by atoms with Crippen LogP contribution in [0.3, 0.4) is 0 Å². The van der Waals surface area contributed by atoms with Crippen LogP contribution in [0.25, 0.3) is 16.8 Å². The quantitative estimate of drug-likeness (QED) is 0.597. The van der Waals surface area contributed by atoms with Gasteiger partial charge in [-0.05, 0) is 25.1 Å². The van der Waals surface area contributed by atoms with E-state index in [1.54, 1.807) is 18.3 Å². The maximum absolute atomic E-state index is 13.9. The summed E-state index contributed by atoms with van der Waals surface area (Å²) < 4.78 is 62.8. The maximum atomic E-state index is 13.9. The fraction of sp³-hybridized carbons (Fsp3) is 0.312. The lowest BCUT2D eigenvalue weighted by Crippen LogP contribution is -2.25. The van der Waals surface area contributed by atoms with Gasteiger partial charge in [0.05, 0.1) is 0 Å². The van der Waals surface area contributed by atoms with E-state index in [9.17, 15) is 17.6 Å². The number of alkyl halides is 3. The van der Waals surface area contributed by atoms with Crippen LogP contribution in [0.5, 0.6) is 5.88 Å². The van der Waals surface area contributed by atoms with Crippen molar-refractivity contribution in [3.63, 3.8) is 0 Å². The van der Waals surface area contributed by atoms with Crippen LogP contribution in [-0.2, 0) is 11.3 Å². The summed E-state index contributed by atoms with van der Waals surface area (Å²) in [4.78, 5) is 3.72. The van der Waals surface area contributed by atoms with Gasteiger partial charge in [0, 0.05) is 23.5 Å². The largest absolute Gasteiger partial charge is 0.444 e. The number of rotatable bonds is 7. The zero-order valence-electron chi connectivity index (χ0n) is 13.6. The Labute approximate surface area is 145 Å². The monoisotopic (exact) mass is 370 g/mol. The van der Waals surface area contributed by atoms with Crippen LogP contribution < -0.4 is 4.74 Å². The first-order chi connectivity index (χ1) is 12.4. The van der Waals surface area contributed by atoms with Crippen molar-refractivity contribution in [2.24, 2.45) is 0 Å². The predicted octanol–water partition coefficient (Wildman–Crippen LogP) is 3.41. The molecule has 26 heavy (non-hydrogen) atoms. The van der Waals surface area contributed by atoms with Crippen LogP contribution in [0.4, 0.5) is 17.6 Å². The van der Waals surface area contributed by atoms with E-state index in [-0.39, 0.29) is 12.4 Å². The van der Waals surface area contributed by atoms with Crippen LogP contribution in [0.15, 0.2) is 30.6 Å². The molecule has 3 aromatic rings. The molecule has 3 rings (SSSR count). The lowest BCUT2D eigenvalue weighted by atomic mass is 10.1. The van der Waals surface area contributed by atoms with Crippen molar-refractivity contribution >= 4 is 5.65 Å². The Bertz CT molecular complexity index is 916. The number of nitrogens with zero attached hydrogens (tertiary/aromatic N) is 4. The highest BCUT2D eigenvalue weighted by Gasteiger charge is 2.24. The lowest BCUT2D eigenvalue weighted by Gasteiger charge is -2.16. The third-order valence-electron chi connectivity index (χ3n) is 3.55. The Morgan fingerprint density at radius 3 is 2.69 bits per heavy atom. The standard InChI is InChI=1S/C16H14F4N4O2/c1-16(20,8-17)26-7-14-23-22-13-3-2-10(6-24(13)14)11-4-12(19)15(21-5-11)25-9-18/h2-6H,7-9H2,1H3. The van der Waals surface area contributed by atoms with Crippen LogP contribution >= 0.6 is 0 Å². The first kappa shape index (κ1) is 18.1. The van der Waals surface area contributed by atoms with E-state index in [1.165, 1.54) is 10.6 Å². The van der Waals surface area contributed by atoms with Gasteiger partial charge in [0.25, 0.3) is 5.88 Å². The van der Waals surface area contributed by atoms with Gasteiger partial charge in [-0.2, -0.15) is 0 Å². The molecule has 0 radical (unpaired) electrons. The molecule has 0 aliphatic carbocycles. The normalized spacial score (nSPS) is 13.7. The van der Waals surface area contributed by atoms with Gasteiger partial charge in [0.1, 0.15) is 13.3 Å². The number of hydrogen-bond acceptors (Lipinski definition) is 5. The highest BCUT2D eigenvalue weighted by molar-refractivity contribution is 5.64. The molecule has 0 amide bonds. The smallest absolute Gasteiger partial charge is 0.252 e. The van der Waals surface area contributed by atoms with Gasteiger partial charge >= 0.3 is 0 Å². The number of ether oxygens (including phenoxy) is 2. The molecular weight excluding hydrogens is 356 g/mol. The highest BCUT2D eigenvalue weighted by Crippen LogP contribution is 2.24. The summed E-state index contributed by atoms with van der Waals surface area (Å²) in [7, 11) is 0. The third-order valence-corrected chi connectivity index (χ3v) is 3.55. The summed E-state index contributed by atoms with van der Waals surface area (Å²) in [5.41, 5.74) is 1.39. The molecule has 0 aromatic carbocycles. The highest BCUT2D eigenvalue weighted by atomic mass is 19.2. The van der Waals surface area contributed by atoms with Crippen molar-refractivity contribution in [3.05, 3.63) is 42.2 Å². The van der Waals surface area contributed by atoms with E-state index in [1.807, 2.05) is 0 Å². The predicted molar refractivity (Wildman–Crippen MR) is 83.1 cm³/mol. The van der Waals surface area contributed by atoms with Gasteiger partial charge in [-0.1, -0.05) is 0 Å². The summed E-state index contributed by atoms with van der Waals surface area (Å²) in [6.07, 6.45) is 2.89. The summed E-state index contributed by atoms with van der Waals surface area (Å²) in [5.74, 6) is -3.44. The van der Waals surface area contributed by atoms with Crippen LogP contribution in [0.2, 0.25) is 0 Å². The molecule has 0 saturated heterocycles. The van der Waals surface area contributed by atoms with Crippen molar-refractivity contribution in [1.29, 1.82) is 0 Å². The molecule has 0 aliphatic rings. The summed E-state index contributed by atoms with van der Waals surface area (Å²) in [5, 5.41) is 7.77. The topological polar surface area (TPSA) is 61.5 Å². The van der Waals surface area contributed by atoms with Crippen molar-refractivity contribution in [3.8, 4) is 17.0 Å². The molecule has 0 aliphatic heterocycles. The zero-order chi connectivity index (χ0) is 18.7. The minimum Gasteiger partial charge on any atom is -0.444 e. The van der Waals surface area contributed by atoms with E-state index in [4.69, 9.17) is 4.74 Å². The second-order valence-corrected chi connectivity index (χ2v) is 5.55. The SMILES string of the molecule is CC(F)(CF)OCc1nnc2ccc(-c3cnc(OCF)c(F)c3)cn12. The molecule has 0 saturated carbocycles. The van der Waals surface area contributed by atoms with Crippen molar-refractivity contribution in [2.45, 2.75) is 19.4 Å². The lowest BCUT2D eigenvalue weighted by molar-refractivity contribution is -0.152. The van der Waals surface area contributed by atoms with Gasteiger partial charge in [-0.25, -0.2) is 22.5 Å². The summed E-state index contributed by atoms with van der Waals surface area (Å²) >= 11 is 0. The maximum Gasteiger partial charge on any atom is 0.252 e. The minimum absolute atomic E-state index is 0.241. The Kier molecular flexibility index (Phi) is 5.03. The van der Waals surface area contributed by atoms with Crippen molar-refractivity contribution < 1.29 is 27.0 Å². The average Bonchev–Trinajstić information content (AvgIpc) is 3.04. The molecule has 1 unspecified atom stereocenters. The first-order valence-electron chi connectivity index (χ1n) is 7.51. The molecule has 138 valence electrons. The number of pyridine rings is 2. The number of halogens is 4. The van der Waals surface area contributed by atoms with E-state index >= 15 is 0 Å². The first-order valence-corrected chi connectivity index (χ1v) is 7.51. The molecule has 3 heterocycles. The zero-order valence-corrected chi connectivity index (χ0v) is 13.6. The molecule has 0 fully saturated rings. The molecular formula is C16H14F4N4O2. The number of fused-ring (bicyclic) bond motifs is 1. The van der Waals surface area contributed by atoms with E-state index < -0.39 is 31.1 Å². The van der Waals surface area contributed by atoms with Gasteiger partial charge in [-0.15, -0.1) is 10.2 Å². The average molecular weight is 370 g/mol. The molecule has 0 N–H and O–H groups in total. The van der Waals surface area contributed by atoms with Crippen LogP contribution in [0, 0.1) is 5.82 Å². The molecule has 10 heteroatoms. The van der Waals surface area contributed by atoms with Crippen molar-refractivity contribution in [1.82, 2.24) is 19.6 Å². The molecule has 0 bridgehead atoms. The van der Waals surface area contributed by atoms with Crippen LogP contribution in [0.1, 0.15) is 12.7 Å². The molecule has 0 spiro atoms. The Hall–Kier alpha value is -2.75. The summed E-state index contributed by atoms with van der Waals surface area (Å²) in [6, 6.07) is 4.41. The second-order valence-electron chi connectivity index (χ2n) is 5.55. The second kappa shape index (κ2) is 7.24. The number of hydrogen-bond donors (Lipinski definition) is 0. The fourth-order valence-electron chi connectivity index (χ4n) is 2.20. The van der Waals surface area contributed by atoms with Gasteiger partial charge in [0.2, 0.25) is 12.7 Å². The molecule has 3 aromatic heterocycles. The van der Waals surface area contributed by atoms with Crippen LogP contribution in [-0.4, -0.2) is 39.0 Å². The van der Waals surface area contributed by atoms with E-state index in [0.29, 0.717) is 16.8 Å². The van der Waals surface area contributed by atoms with E-state index in [0.717, 1.165) is 13.0 Å². The Morgan fingerprint density at radius 1 is 1.19 bits per heavy atom. The third kappa shape index (κ3) is 3.74. The summed E-state index contributed by atoms with van der Waals surface area (Å²) in [6.45, 7) is -1.83. The fourth-order valence-corrected chi connectivity index (χ4v) is 2.20. The van der Waals surface area contributed by atoms with Gasteiger partial charge in [-0.3, -0.25) is 4.40 Å². The van der Waals surface area contributed by atoms with Crippen molar-refractivity contribution in [2.75, 3.05) is 13.5 Å². The number of aromatic nitrogens is 4. The van der Waals surface area contributed by atoms with Gasteiger partial charge in [0.15, 0.2) is 17.3 Å². The molecule has 6 nitrogen and oxygen atoms in total.